The normalized spacial score (nSPS) is 11.7. The van der Waals surface area contributed by atoms with Crippen LogP contribution in [0.25, 0.3) is 105 Å². The van der Waals surface area contributed by atoms with Gasteiger partial charge in [-0.3, -0.25) is 0 Å². The zero-order chi connectivity index (χ0) is 46.1. The molecule has 0 radical (unpaired) electrons. The second-order valence-electron chi connectivity index (χ2n) is 18.2. The number of anilines is 3. The van der Waals surface area contributed by atoms with Crippen molar-refractivity contribution < 1.29 is 0 Å². The van der Waals surface area contributed by atoms with Gasteiger partial charge in [0.15, 0.2) is 0 Å². The second-order valence-corrected chi connectivity index (χ2v) is 18.2. The molecule has 0 saturated carbocycles. The van der Waals surface area contributed by atoms with E-state index in [2.05, 4.69) is 286 Å². The summed E-state index contributed by atoms with van der Waals surface area (Å²) in [6.07, 6.45) is 0. The number of rotatable bonds is 8. The number of aromatic nitrogens is 3. The summed E-state index contributed by atoms with van der Waals surface area (Å²) in [4.78, 5) is 2.31. The summed E-state index contributed by atoms with van der Waals surface area (Å²) in [5.41, 5.74) is 18.6. The Balaban J connectivity index is 0.949. The van der Waals surface area contributed by atoms with Crippen LogP contribution in [0.4, 0.5) is 17.1 Å². The van der Waals surface area contributed by atoms with E-state index in [1.54, 1.807) is 0 Å². The molecule has 328 valence electrons. The smallest absolute Gasteiger partial charge is 0.0542 e. The molecule has 0 unspecified atom stereocenters. The van der Waals surface area contributed by atoms with Gasteiger partial charge >= 0.3 is 0 Å². The number of hydrogen-bond donors (Lipinski definition) is 0. The van der Waals surface area contributed by atoms with E-state index in [4.69, 9.17) is 0 Å². The molecule has 14 rings (SSSR count). The number of benzene rings is 11. The largest absolute Gasteiger partial charge is 0.311 e. The molecule has 0 saturated heterocycles. The molecule has 0 amide bonds. The number of para-hydroxylation sites is 6. The van der Waals surface area contributed by atoms with Crippen molar-refractivity contribution in [3.05, 3.63) is 267 Å². The van der Waals surface area contributed by atoms with Crippen LogP contribution in [0, 0.1) is 0 Å². The highest BCUT2D eigenvalue weighted by atomic mass is 15.1. The summed E-state index contributed by atoms with van der Waals surface area (Å²) in [7, 11) is 0. The van der Waals surface area contributed by atoms with E-state index in [9.17, 15) is 0 Å². The minimum Gasteiger partial charge on any atom is -0.311 e. The molecule has 0 aliphatic carbocycles. The summed E-state index contributed by atoms with van der Waals surface area (Å²) >= 11 is 0. The Morgan fingerprint density at radius 1 is 0.200 bits per heavy atom. The Labute approximate surface area is 405 Å². The molecule has 0 atom stereocenters. The summed E-state index contributed by atoms with van der Waals surface area (Å²) in [5, 5.41) is 7.37. The van der Waals surface area contributed by atoms with Crippen molar-refractivity contribution in [3.63, 3.8) is 0 Å². The molecular formula is C66H44N4. The standard InChI is InChI=1S/C66H44N4/c1-5-17-49(18-6-1)67(50-19-7-2-8-20-50)53-34-29-45(30-35-53)46-31-37-64-58(41-46)59-43-48(47-32-38-63-57(42-47)55-25-13-15-27-61(55)68(63)51-21-9-3-10-22-51)33-39-65(59)70(64)54-36-40-66-60(44-54)56-26-14-16-28-62(56)69(66)52-23-11-4-12-24-52/h1-44H. The monoisotopic (exact) mass is 892 g/mol. The van der Waals surface area contributed by atoms with Gasteiger partial charge in [0.25, 0.3) is 0 Å². The minimum atomic E-state index is 1.11. The highest BCUT2D eigenvalue weighted by molar-refractivity contribution is 6.15. The third kappa shape index (κ3) is 6.38. The fourth-order valence-electron chi connectivity index (χ4n) is 11.0. The maximum atomic E-state index is 2.46. The first-order valence-corrected chi connectivity index (χ1v) is 24.0. The Morgan fingerprint density at radius 2 is 0.514 bits per heavy atom. The van der Waals surface area contributed by atoms with Crippen LogP contribution in [-0.2, 0) is 0 Å². The van der Waals surface area contributed by atoms with E-state index in [0.717, 1.165) is 34.1 Å². The predicted molar refractivity (Wildman–Crippen MR) is 295 cm³/mol. The van der Waals surface area contributed by atoms with E-state index < -0.39 is 0 Å². The van der Waals surface area contributed by atoms with Gasteiger partial charge in [0.2, 0.25) is 0 Å². The lowest BCUT2D eigenvalue weighted by Gasteiger charge is -2.25. The summed E-state index contributed by atoms with van der Waals surface area (Å²) < 4.78 is 7.23. The molecule has 0 aliphatic rings. The molecular weight excluding hydrogens is 849 g/mol. The molecule has 0 spiro atoms. The third-order valence-electron chi connectivity index (χ3n) is 14.2. The Kier molecular flexibility index (Phi) is 9.17. The number of hydrogen-bond acceptors (Lipinski definition) is 1. The summed E-state index contributed by atoms with van der Waals surface area (Å²) in [6.45, 7) is 0. The molecule has 3 heterocycles. The van der Waals surface area contributed by atoms with E-state index in [-0.39, 0.29) is 0 Å². The van der Waals surface area contributed by atoms with Crippen molar-refractivity contribution in [2.75, 3.05) is 4.90 Å². The van der Waals surface area contributed by atoms with Gasteiger partial charge in [0, 0.05) is 66.4 Å². The summed E-state index contributed by atoms with van der Waals surface area (Å²) in [5.74, 6) is 0. The van der Waals surface area contributed by atoms with Crippen molar-refractivity contribution in [1.82, 2.24) is 13.7 Å². The maximum absolute atomic E-state index is 2.46. The lowest BCUT2D eigenvalue weighted by atomic mass is 9.99. The van der Waals surface area contributed by atoms with E-state index in [1.165, 1.54) is 87.7 Å². The summed E-state index contributed by atoms with van der Waals surface area (Å²) in [6, 6.07) is 97.1. The van der Waals surface area contributed by atoms with Crippen LogP contribution in [0.3, 0.4) is 0 Å². The van der Waals surface area contributed by atoms with E-state index in [1.807, 2.05) is 0 Å². The van der Waals surface area contributed by atoms with E-state index >= 15 is 0 Å². The average molecular weight is 893 g/mol. The van der Waals surface area contributed by atoms with Crippen molar-refractivity contribution in [2.24, 2.45) is 0 Å². The van der Waals surface area contributed by atoms with Crippen molar-refractivity contribution in [3.8, 4) is 39.3 Å². The molecule has 0 fully saturated rings. The van der Waals surface area contributed by atoms with Gasteiger partial charge < -0.3 is 18.6 Å². The van der Waals surface area contributed by atoms with Crippen LogP contribution in [0.15, 0.2) is 267 Å². The van der Waals surface area contributed by atoms with Crippen LogP contribution in [0.2, 0.25) is 0 Å². The van der Waals surface area contributed by atoms with Gasteiger partial charge in [-0.15, -0.1) is 0 Å². The molecule has 0 bridgehead atoms. The minimum absolute atomic E-state index is 1.11. The first-order valence-electron chi connectivity index (χ1n) is 24.0. The molecule has 4 nitrogen and oxygen atoms in total. The van der Waals surface area contributed by atoms with E-state index in [0.29, 0.717) is 0 Å². The van der Waals surface area contributed by atoms with Gasteiger partial charge in [-0.1, -0.05) is 140 Å². The quantitative estimate of drug-likeness (QED) is 0.149. The predicted octanol–water partition coefficient (Wildman–Crippen LogP) is 17.8. The molecule has 11 aromatic carbocycles. The fraction of sp³-hybridized carbons (Fsp3) is 0. The lowest BCUT2D eigenvalue weighted by Crippen LogP contribution is -2.09. The van der Waals surface area contributed by atoms with Crippen LogP contribution in [0.1, 0.15) is 0 Å². The van der Waals surface area contributed by atoms with Gasteiger partial charge in [0.05, 0.1) is 33.1 Å². The van der Waals surface area contributed by atoms with Crippen LogP contribution in [0.5, 0.6) is 0 Å². The zero-order valence-electron chi connectivity index (χ0n) is 38.2. The van der Waals surface area contributed by atoms with Gasteiger partial charge in [-0.2, -0.15) is 0 Å². The Morgan fingerprint density at radius 3 is 0.986 bits per heavy atom. The Bertz CT molecular complexity index is 4220. The van der Waals surface area contributed by atoms with Crippen LogP contribution >= 0.6 is 0 Å². The first-order chi connectivity index (χ1) is 34.7. The Hall–Kier alpha value is -9.38. The van der Waals surface area contributed by atoms with Gasteiger partial charge in [-0.05, 0) is 150 Å². The van der Waals surface area contributed by atoms with Gasteiger partial charge in [-0.25, -0.2) is 0 Å². The molecule has 4 heteroatoms. The zero-order valence-corrected chi connectivity index (χ0v) is 38.2. The number of nitrogens with zero attached hydrogens (tertiary/aromatic N) is 4. The molecule has 0 N–H and O–H groups in total. The average Bonchev–Trinajstić information content (AvgIpc) is 4.07. The third-order valence-corrected chi connectivity index (χ3v) is 14.2. The SMILES string of the molecule is c1ccc(N(c2ccccc2)c2ccc(-c3ccc4c(c3)c3cc(-c5ccc6c(c5)c5ccccc5n6-c5ccccc5)ccc3n4-c3ccc4c(c3)c3ccccc3n4-c3ccccc3)cc2)cc1. The van der Waals surface area contributed by atoms with Crippen molar-refractivity contribution >= 4 is 82.5 Å². The van der Waals surface area contributed by atoms with Crippen LogP contribution < -0.4 is 4.90 Å². The van der Waals surface area contributed by atoms with Crippen molar-refractivity contribution in [1.29, 1.82) is 0 Å². The topological polar surface area (TPSA) is 18.0 Å². The first kappa shape index (κ1) is 39.8. The molecule has 3 aromatic heterocycles. The second kappa shape index (κ2) is 16.2. The highest BCUT2D eigenvalue weighted by Crippen LogP contribution is 2.42. The van der Waals surface area contributed by atoms with Gasteiger partial charge in [0.1, 0.15) is 0 Å². The molecule has 14 aromatic rings. The maximum Gasteiger partial charge on any atom is 0.0542 e. The molecule has 70 heavy (non-hydrogen) atoms. The lowest BCUT2D eigenvalue weighted by molar-refractivity contribution is 1.17. The van der Waals surface area contributed by atoms with Crippen LogP contribution in [-0.4, -0.2) is 13.7 Å². The van der Waals surface area contributed by atoms with Crippen molar-refractivity contribution in [2.45, 2.75) is 0 Å². The number of fused-ring (bicyclic) bond motifs is 9. The molecule has 0 aliphatic heterocycles. The fourth-order valence-corrected chi connectivity index (χ4v) is 11.0. The highest BCUT2D eigenvalue weighted by Gasteiger charge is 2.20.